The van der Waals surface area contributed by atoms with Gasteiger partial charge in [-0.25, -0.2) is 4.79 Å². The quantitative estimate of drug-likeness (QED) is 0.916. The topological polar surface area (TPSA) is 50.8 Å². The van der Waals surface area contributed by atoms with Crippen molar-refractivity contribution in [3.8, 4) is 11.5 Å². The van der Waals surface area contributed by atoms with Crippen molar-refractivity contribution in [1.82, 2.24) is 4.90 Å². The van der Waals surface area contributed by atoms with Gasteiger partial charge in [-0.2, -0.15) is 0 Å². The van der Waals surface area contributed by atoms with E-state index in [1.165, 1.54) is 5.56 Å². The van der Waals surface area contributed by atoms with E-state index >= 15 is 0 Å². The van der Waals surface area contributed by atoms with Crippen LogP contribution < -0.4 is 14.8 Å². The number of para-hydroxylation sites is 1. The van der Waals surface area contributed by atoms with E-state index in [1.807, 2.05) is 47.4 Å². The number of rotatable bonds is 3. The zero-order valence-corrected chi connectivity index (χ0v) is 15.1. The number of ether oxygens (including phenoxy) is 2. The molecule has 0 saturated heterocycles. The summed E-state index contributed by atoms with van der Waals surface area (Å²) in [5, 5.41) is 2.98. The second-order valence-electron chi connectivity index (χ2n) is 6.85. The number of urea groups is 1. The first-order chi connectivity index (χ1) is 11.9. The molecule has 2 aromatic carbocycles. The van der Waals surface area contributed by atoms with Crippen LogP contribution in [0.2, 0.25) is 0 Å². The lowest BCUT2D eigenvalue weighted by molar-refractivity contribution is 0.130. The van der Waals surface area contributed by atoms with Crippen molar-refractivity contribution in [3.63, 3.8) is 0 Å². The fourth-order valence-corrected chi connectivity index (χ4v) is 3.28. The second-order valence-corrected chi connectivity index (χ2v) is 6.85. The molecule has 5 heteroatoms. The van der Waals surface area contributed by atoms with Gasteiger partial charge in [0.05, 0.1) is 14.2 Å². The van der Waals surface area contributed by atoms with Crippen molar-refractivity contribution in [1.29, 1.82) is 0 Å². The van der Waals surface area contributed by atoms with Gasteiger partial charge in [0.15, 0.2) is 11.5 Å². The molecular weight excluding hydrogens is 316 g/mol. The van der Waals surface area contributed by atoms with E-state index in [1.54, 1.807) is 14.2 Å². The molecule has 1 aliphatic heterocycles. The third kappa shape index (κ3) is 3.40. The number of carbonyl (C=O) groups is 1. The van der Waals surface area contributed by atoms with Crippen LogP contribution in [0.4, 0.5) is 10.5 Å². The Balaban J connectivity index is 1.89. The minimum absolute atomic E-state index is 0.100. The Kier molecular flexibility index (Phi) is 4.57. The lowest BCUT2D eigenvalue weighted by Gasteiger charge is -2.43. The molecule has 5 nitrogen and oxygen atoms in total. The minimum Gasteiger partial charge on any atom is -0.493 e. The van der Waals surface area contributed by atoms with Gasteiger partial charge in [-0.05, 0) is 55.7 Å². The van der Waals surface area contributed by atoms with Crippen LogP contribution >= 0.6 is 0 Å². The Hall–Kier alpha value is -2.69. The molecular formula is C20H24N2O3. The van der Waals surface area contributed by atoms with Gasteiger partial charge < -0.3 is 19.7 Å². The fraction of sp³-hybridized carbons (Fsp3) is 0.350. The molecule has 0 spiro atoms. The summed E-state index contributed by atoms with van der Waals surface area (Å²) in [6.07, 6.45) is 0.755. The van der Waals surface area contributed by atoms with E-state index in [-0.39, 0.29) is 11.6 Å². The average Bonchev–Trinajstić information content (AvgIpc) is 2.60. The number of hydrogen-bond donors (Lipinski definition) is 1. The number of fused-ring (bicyclic) bond motifs is 1. The molecule has 25 heavy (non-hydrogen) atoms. The third-order valence-electron chi connectivity index (χ3n) is 4.66. The summed E-state index contributed by atoms with van der Waals surface area (Å²) in [4.78, 5) is 14.7. The maximum Gasteiger partial charge on any atom is 0.322 e. The fourth-order valence-electron chi connectivity index (χ4n) is 3.28. The molecule has 0 unspecified atom stereocenters. The minimum atomic E-state index is -0.300. The third-order valence-corrected chi connectivity index (χ3v) is 4.66. The predicted molar refractivity (Wildman–Crippen MR) is 98.3 cm³/mol. The summed E-state index contributed by atoms with van der Waals surface area (Å²) in [5.74, 6) is 1.41. The van der Waals surface area contributed by atoms with Crippen LogP contribution in [0.25, 0.3) is 0 Å². The highest BCUT2D eigenvalue weighted by atomic mass is 16.5. The van der Waals surface area contributed by atoms with Crippen LogP contribution in [0.15, 0.2) is 42.5 Å². The van der Waals surface area contributed by atoms with Crippen molar-refractivity contribution >= 4 is 11.7 Å². The maximum atomic E-state index is 12.8. The van der Waals surface area contributed by atoms with Gasteiger partial charge in [0, 0.05) is 17.8 Å². The van der Waals surface area contributed by atoms with Gasteiger partial charge >= 0.3 is 6.03 Å². The Morgan fingerprint density at radius 1 is 1.04 bits per heavy atom. The van der Waals surface area contributed by atoms with Crippen molar-refractivity contribution in [3.05, 3.63) is 53.6 Å². The van der Waals surface area contributed by atoms with Crippen LogP contribution in [-0.2, 0) is 13.0 Å². The number of anilines is 1. The van der Waals surface area contributed by atoms with Crippen LogP contribution in [0.3, 0.4) is 0 Å². The van der Waals surface area contributed by atoms with E-state index in [0.717, 1.165) is 23.4 Å². The average molecular weight is 340 g/mol. The van der Waals surface area contributed by atoms with Gasteiger partial charge in [-0.1, -0.05) is 18.2 Å². The molecule has 0 aliphatic carbocycles. The number of carbonyl (C=O) groups excluding carboxylic acids is 1. The van der Waals surface area contributed by atoms with Crippen LogP contribution in [0.1, 0.15) is 25.0 Å². The summed E-state index contributed by atoms with van der Waals surface area (Å²) in [6.45, 7) is 4.69. The van der Waals surface area contributed by atoms with Crippen LogP contribution in [-0.4, -0.2) is 30.7 Å². The molecule has 3 rings (SSSR count). The number of benzene rings is 2. The largest absolute Gasteiger partial charge is 0.493 e. The van der Waals surface area contributed by atoms with Crippen molar-refractivity contribution < 1.29 is 14.3 Å². The molecule has 1 heterocycles. The summed E-state index contributed by atoms with van der Waals surface area (Å²) >= 11 is 0. The normalized spacial score (nSPS) is 15.3. The van der Waals surface area contributed by atoms with Gasteiger partial charge in [0.25, 0.3) is 0 Å². The Labute approximate surface area is 148 Å². The van der Waals surface area contributed by atoms with Gasteiger partial charge in [-0.3, -0.25) is 0 Å². The molecule has 0 radical (unpaired) electrons. The Bertz CT molecular complexity index is 772. The molecule has 0 atom stereocenters. The molecule has 132 valence electrons. The van der Waals surface area contributed by atoms with Crippen molar-refractivity contribution in [2.75, 3.05) is 19.5 Å². The predicted octanol–water partition coefficient (Wildman–Crippen LogP) is 4.07. The highest BCUT2D eigenvalue weighted by Gasteiger charge is 2.36. The summed E-state index contributed by atoms with van der Waals surface area (Å²) in [7, 11) is 3.26. The highest BCUT2D eigenvalue weighted by Crippen LogP contribution is 2.37. The first kappa shape index (κ1) is 17.1. The molecule has 0 saturated carbocycles. The van der Waals surface area contributed by atoms with Crippen LogP contribution in [0, 0.1) is 0 Å². The zero-order chi connectivity index (χ0) is 18.0. The number of amides is 2. The van der Waals surface area contributed by atoms with E-state index in [0.29, 0.717) is 12.3 Å². The Morgan fingerprint density at radius 2 is 1.64 bits per heavy atom. The number of nitrogens with zero attached hydrogens (tertiary/aromatic N) is 1. The smallest absolute Gasteiger partial charge is 0.322 e. The molecule has 1 aliphatic rings. The van der Waals surface area contributed by atoms with E-state index < -0.39 is 0 Å². The van der Waals surface area contributed by atoms with Gasteiger partial charge in [0.1, 0.15) is 0 Å². The van der Waals surface area contributed by atoms with Crippen molar-refractivity contribution in [2.45, 2.75) is 32.4 Å². The van der Waals surface area contributed by atoms with Crippen LogP contribution in [0.5, 0.6) is 11.5 Å². The monoisotopic (exact) mass is 340 g/mol. The Morgan fingerprint density at radius 3 is 2.24 bits per heavy atom. The SMILES string of the molecule is COc1cc2c(cc1OC)CC(C)(C)N(C(=O)Nc1ccccc1)C2. The zero-order valence-electron chi connectivity index (χ0n) is 15.1. The second kappa shape index (κ2) is 6.67. The number of nitrogens with one attached hydrogen (secondary N) is 1. The lowest BCUT2D eigenvalue weighted by Crippen LogP contribution is -2.52. The number of hydrogen-bond acceptors (Lipinski definition) is 3. The first-order valence-electron chi connectivity index (χ1n) is 8.32. The summed E-state index contributed by atoms with van der Waals surface area (Å²) < 4.78 is 10.8. The van der Waals surface area contributed by atoms with Gasteiger partial charge in [0.2, 0.25) is 0 Å². The maximum absolute atomic E-state index is 12.8. The van der Waals surface area contributed by atoms with E-state index in [2.05, 4.69) is 19.2 Å². The molecule has 0 fully saturated rings. The standard InChI is InChI=1S/C20H24N2O3/c1-20(2)12-14-10-17(24-3)18(25-4)11-15(14)13-22(20)19(23)21-16-8-6-5-7-9-16/h5-11H,12-13H2,1-4H3,(H,21,23). The molecule has 0 bridgehead atoms. The van der Waals surface area contributed by atoms with Gasteiger partial charge in [-0.15, -0.1) is 0 Å². The molecule has 2 aromatic rings. The molecule has 2 amide bonds. The first-order valence-corrected chi connectivity index (χ1v) is 8.32. The molecule has 1 N–H and O–H groups in total. The lowest BCUT2D eigenvalue weighted by atomic mass is 9.85. The van der Waals surface area contributed by atoms with E-state index in [9.17, 15) is 4.79 Å². The summed E-state index contributed by atoms with van der Waals surface area (Å²) in [6, 6.07) is 13.4. The number of methoxy groups -OCH3 is 2. The van der Waals surface area contributed by atoms with E-state index in [4.69, 9.17) is 9.47 Å². The molecule has 0 aromatic heterocycles. The van der Waals surface area contributed by atoms with Crippen molar-refractivity contribution in [2.24, 2.45) is 0 Å². The highest BCUT2D eigenvalue weighted by molar-refractivity contribution is 5.90. The summed E-state index contributed by atoms with van der Waals surface area (Å²) in [5.41, 5.74) is 2.76.